The summed E-state index contributed by atoms with van der Waals surface area (Å²) in [6.45, 7) is 3.40. The minimum Gasteiger partial charge on any atom is -0.378 e. The van der Waals surface area contributed by atoms with Gasteiger partial charge in [-0.2, -0.15) is 4.31 Å². The van der Waals surface area contributed by atoms with Gasteiger partial charge in [0.05, 0.1) is 18.1 Å². The largest absolute Gasteiger partial charge is 0.378 e. The van der Waals surface area contributed by atoms with Gasteiger partial charge in [0, 0.05) is 31.5 Å². The molecule has 0 bridgehead atoms. The minimum absolute atomic E-state index is 0.228. The summed E-state index contributed by atoms with van der Waals surface area (Å²) in [5, 5.41) is 0.928. The molecule has 1 aromatic heterocycles. The fourth-order valence-corrected chi connectivity index (χ4v) is 4.69. The summed E-state index contributed by atoms with van der Waals surface area (Å²) in [6, 6.07) is 0. The number of hydrogen-bond acceptors (Lipinski definition) is 5. The van der Waals surface area contributed by atoms with E-state index in [1.807, 2.05) is 6.92 Å². The summed E-state index contributed by atoms with van der Waals surface area (Å²) < 4.78 is 30.7. The summed E-state index contributed by atoms with van der Waals surface area (Å²) in [5.74, 6) is 0.228. The maximum absolute atomic E-state index is 12.0. The van der Waals surface area contributed by atoms with E-state index in [1.165, 1.54) is 0 Å². The van der Waals surface area contributed by atoms with Crippen molar-refractivity contribution in [2.75, 3.05) is 19.4 Å². The predicted molar refractivity (Wildman–Crippen MR) is 71.0 cm³/mol. The highest BCUT2D eigenvalue weighted by molar-refractivity contribution is 7.89. The molecule has 2 heterocycles. The van der Waals surface area contributed by atoms with E-state index in [4.69, 9.17) is 4.74 Å². The Morgan fingerprint density at radius 2 is 2.28 bits per heavy atom. The first-order chi connectivity index (χ1) is 8.56. The highest BCUT2D eigenvalue weighted by Crippen LogP contribution is 2.27. The van der Waals surface area contributed by atoms with Crippen molar-refractivity contribution in [2.45, 2.75) is 32.9 Å². The molecule has 0 fully saturated rings. The summed E-state index contributed by atoms with van der Waals surface area (Å²) >= 11 is 1.56. The van der Waals surface area contributed by atoms with Gasteiger partial charge in [-0.15, -0.1) is 11.3 Å². The smallest absolute Gasteiger partial charge is 0.214 e. The molecule has 0 aliphatic carbocycles. The molecule has 2 rings (SSSR count). The molecule has 0 aromatic carbocycles. The van der Waals surface area contributed by atoms with Gasteiger partial charge < -0.3 is 4.74 Å². The number of sulfonamides is 1. The normalized spacial score (nSPS) is 16.8. The van der Waals surface area contributed by atoms with E-state index in [-0.39, 0.29) is 5.75 Å². The number of ether oxygens (including phenoxy) is 1. The zero-order valence-corrected chi connectivity index (χ0v) is 12.3. The minimum atomic E-state index is -3.10. The van der Waals surface area contributed by atoms with Gasteiger partial charge >= 0.3 is 0 Å². The molecule has 7 heteroatoms. The lowest BCUT2D eigenvalue weighted by molar-refractivity contribution is 0.184. The van der Waals surface area contributed by atoms with E-state index < -0.39 is 10.0 Å². The Kier molecular flexibility index (Phi) is 4.37. The van der Waals surface area contributed by atoms with Crippen LogP contribution in [0.1, 0.15) is 28.9 Å². The number of fused-ring (bicyclic) bond motifs is 1. The van der Waals surface area contributed by atoms with Gasteiger partial charge in [0.15, 0.2) is 0 Å². The van der Waals surface area contributed by atoms with Crippen LogP contribution in [0.3, 0.4) is 0 Å². The van der Waals surface area contributed by atoms with Gasteiger partial charge in [-0.05, 0) is 6.42 Å². The topological polar surface area (TPSA) is 59.5 Å². The van der Waals surface area contributed by atoms with E-state index in [1.54, 1.807) is 22.8 Å². The molecule has 0 unspecified atom stereocenters. The predicted octanol–water partition coefficient (Wildman–Crippen LogP) is 1.39. The van der Waals surface area contributed by atoms with E-state index in [2.05, 4.69) is 4.98 Å². The Labute approximate surface area is 112 Å². The molecule has 0 atom stereocenters. The molecular formula is C11H18N2O3S2. The Morgan fingerprint density at radius 1 is 1.50 bits per heavy atom. The first kappa shape index (κ1) is 13.9. The second-order valence-corrected chi connectivity index (χ2v) is 7.57. The van der Waals surface area contributed by atoms with Crippen LogP contribution in [0.15, 0.2) is 0 Å². The Hall–Kier alpha value is -0.500. The van der Waals surface area contributed by atoms with Crippen molar-refractivity contribution in [1.82, 2.24) is 9.29 Å². The Bertz CT molecular complexity index is 510. The second-order valence-electron chi connectivity index (χ2n) is 4.31. The van der Waals surface area contributed by atoms with Crippen LogP contribution in [-0.2, 0) is 34.3 Å². The second kappa shape index (κ2) is 5.64. The monoisotopic (exact) mass is 290 g/mol. The van der Waals surface area contributed by atoms with Gasteiger partial charge in [-0.25, -0.2) is 13.4 Å². The molecule has 0 spiro atoms. The van der Waals surface area contributed by atoms with E-state index in [0.29, 0.717) is 32.5 Å². The average molecular weight is 290 g/mol. The molecule has 1 aliphatic heterocycles. The molecule has 102 valence electrons. The maximum atomic E-state index is 12.0. The molecule has 1 aromatic rings. The molecular weight excluding hydrogens is 272 g/mol. The van der Waals surface area contributed by atoms with E-state index >= 15 is 0 Å². The van der Waals surface area contributed by atoms with Crippen molar-refractivity contribution in [1.29, 1.82) is 0 Å². The van der Waals surface area contributed by atoms with Crippen molar-refractivity contribution in [3.63, 3.8) is 0 Å². The molecule has 0 saturated heterocycles. The van der Waals surface area contributed by atoms with Crippen molar-refractivity contribution >= 4 is 21.4 Å². The zero-order valence-electron chi connectivity index (χ0n) is 10.7. The molecule has 1 aliphatic rings. The van der Waals surface area contributed by atoms with Crippen LogP contribution in [0.25, 0.3) is 0 Å². The van der Waals surface area contributed by atoms with Crippen LogP contribution in [0.2, 0.25) is 0 Å². The Balaban J connectivity index is 2.14. The number of thiazole rings is 1. The molecule has 0 saturated carbocycles. The third-order valence-corrected chi connectivity index (χ3v) is 5.94. The van der Waals surface area contributed by atoms with Gasteiger partial charge in [0.2, 0.25) is 10.0 Å². The molecule has 0 radical (unpaired) electrons. The number of methoxy groups -OCH3 is 1. The quantitative estimate of drug-likeness (QED) is 0.822. The average Bonchev–Trinajstić information content (AvgIpc) is 2.70. The van der Waals surface area contributed by atoms with Crippen LogP contribution >= 0.6 is 11.3 Å². The highest BCUT2D eigenvalue weighted by Gasteiger charge is 2.28. The third kappa shape index (κ3) is 2.90. The third-order valence-electron chi connectivity index (χ3n) is 2.86. The van der Waals surface area contributed by atoms with Gasteiger partial charge in [-0.1, -0.05) is 6.92 Å². The summed E-state index contributed by atoms with van der Waals surface area (Å²) in [5.41, 5.74) is 1.04. The SMILES string of the molecule is CCCS(=O)(=O)N1CCc2nc(COC)sc2C1. The molecule has 18 heavy (non-hydrogen) atoms. The zero-order chi connectivity index (χ0) is 13.2. The van der Waals surface area contributed by atoms with Crippen molar-refractivity contribution in [3.05, 3.63) is 15.6 Å². The molecule has 0 amide bonds. The first-order valence-electron chi connectivity index (χ1n) is 6.01. The van der Waals surface area contributed by atoms with Crippen LogP contribution in [0.5, 0.6) is 0 Å². The molecule has 0 N–H and O–H groups in total. The van der Waals surface area contributed by atoms with Crippen LogP contribution < -0.4 is 0 Å². The van der Waals surface area contributed by atoms with Gasteiger partial charge in [0.25, 0.3) is 0 Å². The highest BCUT2D eigenvalue weighted by atomic mass is 32.2. The number of nitrogens with zero attached hydrogens (tertiary/aromatic N) is 2. The van der Waals surface area contributed by atoms with Crippen molar-refractivity contribution < 1.29 is 13.2 Å². The number of hydrogen-bond donors (Lipinski definition) is 0. The number of rotatable bonds is 5. The van der Waals surface area contributed by atoms with Crippen LogP contribution in [0.4, 0.5) is 0 Å². The maximum Gasteiger partial charge on any atom is 0.214 e. The molecule has 5 nitrogen and oxygen atoms in total. The fraction of sp³-hybridized carbons (Fsp3) is 0.727. The summed E-state index contributed by atoms with van der Waals surface area (Å²) in [4.78, 5) is 5.54. The summed E-state index contributed by atoms with van der Waals surface area (Å²) in [7, 11) is -1.46. The first-order valence-corrected chi connectivity index (χ1v) is 8.43. The Morgan fingerprint density at radius 3 is 2.94 bits per heavy atom. The van der Waals surface area contributed by atoms with Crippen LogP contribution in [0, 0.1) is 0 Å². The van der Waals surface area contributed by atoms with Crippen LogP contribution in [-0.4, -0.2) is 37.1 Å². The van der Waals surface area contributed by atoms with E-state index in [0.717, 1.165) is 15.6 Å². The standard InChI is InChI=1S/C11H18N2O3S2/c1-3-6-18(14,15)13-5-4-9-10(7-13)17-11(12-9)8-16-2/h3-8H2,1-2H3. The number of aromatic nitrogens is 1. The fourth-order valence-electron chi connectivity index (χ4n) is 2.04. The van der Waals surface area contributed by atoms with Crippen molar-refractivity contribution in [3.8, 4) is 0 Å². The lowest BCUT2D eigenvalue weighted by atomic mass is 10.2. The van der Waals surface area contributed by atoms with Gasteiger partial charge in [-0.3, -0.25) is 0 Å². The lowest BCUT2D eigenvalue weighted by Crippen LogP contribution is -2.36. The lowest BCUT2D eigenvalue weighted by Gasteiger charge is -2.25. The van der Waals surface area contributed by atoms with E-state index in [9.17, 15) is 8.42 Å². The summed E-state index contributed by atoms with van der Waals surface area (Å²) in [6.07, 6.45) is 1.36. The van der Waals surface area contributed by atoms with Crippen molar-refractivity contribution in [2.24, 2.45) is 0 Å². The van der Waals surface area contributed by atoms with Gasteiger partial charge in [0.1, 0.15) is 5.01 Å².